The minimum Gasteiger partial charge on any atom is -0.441 e. The maximum atomic E-state index is 12.4. The summed E-state index contributed by atoms with van der Waals surface area (Å²) in [5, 5.41) is 5.53. The zero-order valence-corrected chi connectivity index (χ0v) is 15.5. The molecular weight excluding hydrogens is 356 g/mol. The maximum absolute atomic E-state index is 12.4. The molecule has 1 N–H and O–H groups in total. The Morgan fingerprint density at radius 1 is 1.38 bits per heavy atom. The largest absolute Gasteiger partial charge is 0.441 e. The van der Waals surface area contributed by atoms with Crippen molar-refractivity contribution in [1.82, 2.24) is 20.1 Å². The van der Waals surface area contributed by atoms with Crippen molar-refractivity contribution in [3.05, 3.63) is 16.1 Å². The lowest BCUT2D eigenvalue weighted by atomic mass is 9.91. The van der Waals surface area contributed by atoms with E-state index < -0.39 is 17.4 Å². The molecular formula is C17H22N4O4S. The Balaban J connectivity index is 1.26. The van der Waals surface area contributed by atoms with Crippen molar-refractivity contribution in [1.29, 1.82) is 0 Å². The van der Waals surface area contributed by atoms with Crippen LogP contribution in [0.15, 0.2) is 5.38 Å². The number of aromatic nitrogens is 1. The summed E-state index contributed by atoms with van der Waals surface area (Å²) >= 11 is 1.52. The highest BCUT2D eigenvalue weighted by Crippen LogP contribution is 2.40. The van der Waals surface area contributed by atoms with E-state index in [0.29, 0.717) is 38.4 Å². The number of likely N-dealkylation sites (tertiary alicyclic amines) is 1. The zero-order chi connectivity index (χ0) is 18.3. The molecule has 1 aromatic rings. The number of ether oxygens (including phenoxy) is 1. The number of piperidine rings is 1. The number of likely N-dealkylation sites (N-methyl/N-ethyl adjacent to an activating group) is 1. The van der Waals surface area contributed by atoms with Crippen molar-refractivity contribution < 1.29 is 19.1 Å². The summed E-state index contributed by atoms with van der Waals surface area (Å²) in [6.45, 7) is 1.64. The van der Waals surface area contributed by atoms with Crippen LogP contribution in [0, 0.1) is 0 Å². The summed E-state index contributed by atoms with van der Waals surface area (Å²) in [6, 6.07) is 0. The lowest BCUT2D eigenvalue weighted by Crippen LogP contribution is -2.52. The number of rotatable bonds is 3. The van der Waals surface area contributed by atoms with Gasteiger partial charge in [0.15, 0.2) is 0 Å². The molecule has 8 nitrogen and oxygen atoms in total. The van der Waals surface area contributed by atoms with Crippen LogP contribution in [0.2, 0.25) is 0 Å². The van der Waals surface area contributed by atoms with E-state index in [0.717, 1.165) is 10.7 Å². The van der Waals surface area contributed by atoms with E-state index in [1.807, 2.05) is 5.38 Å². The van der Waals surface area contributed by atoms with E-state index in [1.54, 1.807) is 11.9 Å². The molecule has 2 saturated heterocycles. The quantitative estimate of drug-likeness (QED) is 0.795. The Labute approximate surface area is 155 Å². The van der Waals surface area contributed by atoms with Crippen molar-refractivity contribution in [3.8, 4) is 0 Å². The monoisotopic (exact) mass is 378 g/mol. The minimum atomic E-state index is -0.607. The number of carbonyl (C=O) groups excluding carboxylic acids is 3. The second-order valence-corrected chi connectivity index (χ2v) is 8.26. The van der Waals surface area contributed by atoms with Gasteiger partial charge in [0.1, 0.15) is 10.6 Å². The van der Waals surface area contributed by atoms with Gasteiger partial charge in [0.05, 0.1) is 18.8 Å². The molecule has 3 aliphatic rings. The number of nitrogens with one attached hydrogen (secondary N) is 1. The number of amides is 3. The molecule has 1 spiro atoms. The molecule has 26 heavy (non-hydrogen) atoms. The van der Waals surface area contributed by atoms with E-state index in [9.17, 15) is 14.4 Å². The molecule has 0 bridgehead atoms. The van der Waals surface area contributed by atoms with Gasteiger partial charge in [-0.05, 0) is 12.8 Å². The first kappa shape index (κ1) is 17.3. The molecule has 140 valence electrons. The molecule has 2 aliphatic heterocycles. The SMILES string of the molecule is CN1CC2(CCN(C(=O)C(=O)NCc3nc(C4CC4)cs3)CC2)OC1=O. The third-order valence-electron chi connectivity index (χ3n) is 5.26. The average molecular weight is 378 g/mol. The predicted octanol–water partition coefficient (Wildman–Crippen LogP) is 1.08. The second kappa shape index (κ2) is 6.53. The number of hydrogen-bond donors (Lipinski definition) is 1. The van der Waals surface area contributed by atoms with Gasteiger partial charge in [-0.25, -0.2) is 9.78 Å². The summed E-state index contributed by atoms with van der Waals surface area (Å²) in [5.74, 6) is -0.553. The number of hydrogen-bond acceptors (Lipinski definition) is 6. The molecule has 4 rings (SSSR count). The van der Waals surface area contributed by atoms with Crippen molar-refractivity contribution in [2.75, 3.05) is 26.7 Å². The number of carbonyl (C=O) groups is 3. The highest BCUT2D eigenvalue weighted by Gasteiger charge is 2.46. The van der Waals surface area contributed by atoms with Crippen molar-refractivity contribution >= 4 is 29.2 Å². The number of thiazole rings is 1. The Morgan fingerprint density at radius 2 is 2.12 bits per heavy atom. The first-order valence-corrected chi connectivity index (χ1v) is 9.79. The molecule has 9 heteroatoms. The highest BCUT2D eigenvalue weighted by atomic mass is 32.1. The van der Waals surface area contributed by atoms with Crippen LogP contribution in [0.3, 0.4) is 0 Å². The van der Waals surface area contributed by atoms with Crippen molar-refractivity contribution in [2.24, 2.45) is 0 Å². The summed E-state index contributed by atoms with van der Waals surface area (Å²) < 4.78 is 5.46. The van der Waals surface area contributed by atoms with Gasteiger partial charge in [0.2, 0.25) is 0 Å². The third-order valence-corrected chi connectivity index (χ3v) is 6.13. The topological polar surface area (TPSA) is 91.8 Å². The fourth-order valence-electron chi connectivity index (χ4n) is 3.52. The summed E-state index contributed by atoms with van der Waals surface area (Å²) in [7, 11) is 1.70. The molecule has 0 atom stereocenters. The first-order valence-electron chi connectivity index (χ1n) is 8.91. The van der Waals surface area contributed by atoms with E-state index >= 15 is 0 Å². The van der Waals surface area contributed by atoms with Gasteiger partial charge < -0.3 is 19.9 Å². The van der Waals surface area contributed by atoms with Crippen LogP contribution in [-0.2, 0) is 20.9 Å². The fourth-order valence-corrected chi connectivity index (χ4v) is 4.33. The molecule has 3 heterocycles. The van der Waals surface area contributed by atoms with E-state index in [2.05, 4.69) is 10.3 Å². The average Bonchev–Trinajstić information content (AvgIpc) is 3.31. The van der Waals surface area contributed by atoms with Crippen LogP contribution in [0.1, 0.15) is 42.3 Å². The Bertz CT molecular complexity index is 737. The normalized spacial score (nSPS) is 21.8. The summed E-state index contributed by atoms with van der Waals surface area (Å²) in [5.41, 5.74) is 0.585. The van der Waals surface area contributed by atoms with Gasteiger partial charge in [-0.2, -0.15) is 0 Å². The van der Waals surface area contributed by atoms with Gasteiger partial charge in [0.25, 0.3) is 0 Å². The van der Waals surface area contributed by atoms with E-state index in [4.69, 9.17) is 4.74 Å². The standard InChI is InChI=1S/C17H22N4O4S/c1-20-10-17(25-16(20)24)4-6-21(7-5-17)15(23)14(22)18-8-13-19-12(9-26-13)11-2-3-11/h9,11H,2-8,10H2,1H3,(H,18,22). The second-order valence-electron chi connectivity index (χ2n) is 7.32. The highest BCUT2D eigenvalue weighted by molar-refractivity contribution is 7.09. The molecule has 1 saturated carbocycles. The minimum absolute atomic E-state index is 0.280. The fraction of sp³-hybridized carbons (Fsp3) is 0.647. The summed E-state index contributed by atoms with van der Waals surface area (Å²) in [6.07, 6.45) is 3.17. The van der Waals surface area contributed by atoms with Gasteiger partial charge in [-0.1, -0.05) is 0 Å². The van der Waals surface area contributed by atoms with E-state index in [1.165, 1.54) is 29.1 Å². The smallest absolute Gasteiger partial charge is 0.410 e. The Hall–Kier alpha value is -2.16. The Morgan fingerprint density at radius 3 is 2.73 bits per heavy atom. The number of nitrogens with zero attached hydrogens (tertiary/aromatic N) is 3. The maximum Gasteiger partial charge on any atom is 0.410 e. The van der Waals surface area contributed by atoms with Crippen LogP contribution in [0.4, 0.5) is 4.79 Å². The van der Waals surface area contributed by atoms with Crippen LogP contribution >= 0.6 is 11.3 Å². The summed E-state index contributed by atoms with van der Waals surface area (Å²) in [4.78, 5) is 43.7. The molecule has 3 amide bonds. The van der Waals surface area contributed by atoms with E-state index in [-0.39, 0.29) is 12.6 Å². The van der Waals surface area contributed by atoms with Crippen molar-refractivity contribution in [2.45, 2.75) is 43.7 Å². The van der Waals surface area contributed by atoms with Crippen LogP contribution in [0.5, 0.6) is 0 Å². The van der Waals surface area contributed by atoms with Crippen LogP contribution < -0.4 is 5.32 Å². The van der Waals surface area contributed by atoms with Gasteiger partial charge >= 0.3 is 17.9 Å². The molecule has 0 unspecified atom stereocenters. The molecule has 1 aliphatic carbocycles. The van der Waals surface area contributed by atoms with Gasteiger partial charge in [0, 0.05) is 44.3 Å². The molecule has 3 fully saturated rings. The predicted molar refractivity (Wildman–Crippen MR) is 93.6 cm³/mol. The zero-order valence-electron chi connectivity index (χ0n) is 14.7. The molecule has 0 radical (unpaired) electrons. The van der Waals surface area contributed by atoms with Gasteiger partial charge in [-0.3, -0.25) is 9.59 Å². The van der Waals surface area contributed by atoms with Crippen LogP contribution in [0.25, 0.3) is 0 Å². The van der Waals surface area contributed by atoms with Gasteiger partial charge in [-0.15, -0.1) is 11.3 Å². The lowest BCUT2D eigenvalue weighted by molar-refractivity contribution is -0.148. The lowest BCUT2D eigenvalue weighted by Gasteiger charge is -2.36. The Kier molecular flexibility index (Phi) is 4.34. The molecule has 1 aromatic heterocycles. The first-order chi connectivity index (χ1) is 12.5. The molecule has 0 aromatic carbocycles. The van der Waals surface area contributed by atoms with Crippen molar-refractivity contribution in [3.63, 3.8) is 0 Å². The van der Waals surface area contributed by atoms with Crippen LogP contribution in [-0.4, -0.2) is 65.0 Å². The third kappa shape index (κ3) is 3.40.